The summed E-state index contributed by atoms with van der Waals surface area (Å²) >= 11 is 5.84. The minimum atomic E-state index is -3.79. The van der Waals surface area contributed by atoms with Crippen LogP contribution < -0.4 is 10.1 Å². The van der Waals surface area contributed by atoms with E-state index in [1.807, 2.05) is 6.92 Å². The number of aryl methyl sites for hydroxylation is 1. The SMILES string of the molecule is CCOc1ccc(S(=O)(=O)N(CC)CC(=O)NCc2ccc(Cl)cc2)cc1C. The second kappa shape index (κ2) is 9.91. The number of nitrogens with one attached hydrogen (secondary N) is 1. The number of likely N-dealkylation sites (N-methyl/N-ethyl adjacent to an activating group) is 1. The van der Waals surface area contributed by atoms with Crippen LogP contribution in [0.3, 0.4) is 0 Å². The van der Waals surface area contributed by atoms with Crippen molar-refractivity contribution in [1.29, 1.82) is 0 Å². The quantitative estimate of drug-likeness (QED) is 0.669. The lowest BCUT2D eigenvalue weighted by Crippen LogP contribution is -2.40. The van der Waals surface area contributed by atoms with E-state index in [4.69, 9.17) is 16.3 Å². The van der Waals surface area contributed by atoms with Gasteiger partial charge in [0.05, 0.1) is 18.0 Å². The zero-order chi connectivity index (χ0) is 20.7. The van der Waals surface area contributed by atoms with E-state index in [1.165, 1.54) is 6.07 Å². The topological polar surface area (TPSA) is 75.7 Å². The van der Waals surface area contributed by atoms with Gasteiger partial charge in [-0.2, -0.15) is 4.31 Å². The lowest BCUT2D eigenvalue weighted by molar-refractivity contribution is -0.121. The highest BCUT2D eigenvalue weighted by Gasteiger charge is 2.25. The number of hydrogen-bond acceptors (Lipinski definition) is 4. The van der Waals surface area contributed by atoms with Crippen LogP contribution in [0, 0.1) is 6.92 Å². The first kappa shape index (κ1) is 22.2. The monoisotopic (exact) mass is 424 g/mol. The van der Waals surface area contributed by atoms with E-state index in [2.05, 4.69) is 5.32 Å². The number of rotatable bonds is 9. The van der Waals surface area contributed by atoms with Crippen molar-refractivity contribution >= 4 is 27.5 Å². The number of carbonyl (C=O) groups excluding carboxylic acids is 1. The zero-order valence-electron chi connectivity index (χ0n) is 16.2. The third-order valence-electron chi connectivity index (χ3n) is 4.16. The van der Waals surface area contributed by atoms with Crippen LogP contribution in [0.1, 0.15) is 25.0 Å². The van der Waals surface area contributed by atoms with Crippen molar-refractivity contribution in [2.24, 2.45) is 0 Å². The first-order chi connectivity index (χ1) is 13.3. The molecule has 2 aromatic carbocycles. The van der Waals surface area contributed by atoms with Crippen LogP contribution in [0.15, 0.2) is 47.4 Å². The van der Waals surface area contributed by atoms with Crippen LogP contribution in [0.5, 0.6) is 5.75 Å². The molecule has 0 bridgehead atoms. The van der Waals surface area contributed by atoms with Crippen molar-refractivity contribution in [3.63, 3.8) is 0 Å². The summed E-state index contributed by atoms with van der Waals surface area (Å²) in [4.78, 5) is 12.4. The Kier molecular flexibility index (Phi) is 7.86. The molecule has 8 heteroatoms. The summed E-state index contributed by atoms with van der Waals surface area (Å²) in [5, 5.41) is 3.35. The Morgan fingerprint density at radius 3 is 2.39 bits per heavy atom. The molecule has 2 aromatic rings. The first-order valence-corrected chi connectivity index (χ1v) is 10.8. The van der Waals surface area contributed by atoms with E-state index >= 15 is 0 Å². The van der Waals surface area contributed by atoms with Gasteiger partial charge in [0.1, 0.15) is 5.75 Å². The molecule has 0 saturated carbocycles. The summed E-state index contributed by atoms with van der Waals surface area (Å²) in [5.41, 5.74) is 1.61. The number of carbonyl (C=O) groups is 1. The van der Waals surface area contributed by atoms with Gasteiger partial charge in [0, 0.05) is 18.1 Å². The van der Waals surface area contributed by atoms with Gasteiger partial charge in [-0.3, -0.25) is 4.79 Å². The Bertz CT molecular complexity index is 914. The zero-order valence-corrected chi connectivity index (χ0v) is 17.8. The number of benzene rings is 2. The smallest absolute Gasteiger partial charge is 0.243 e. The molecule has 0 saturated heterocycles. The fourth-order valence-electron chi connectivity index (χ4n) is 2.63. The van der Waals surface area contributed by atoms with Gasteiger partial charge in [-0.25, -0.2) is 8.42 Å². The third-order valence-corrected chi connectivity index (χ3v) is 6.33. The van der Waals surface area contributed by atoms with Crippen LogP contribution >= 0.6 is 11.6 Å². The third kappa shape index (κ3) is 5.70. The van der Waals surface area contributed by atoms with Gasteiger partial charge in [0.2, 0.25) is 15.9 Å². The standard InChI is InChI=1S/C20H25ClN2O4S/c1-4-23(14-20(24)22-13-16-6-8-17(21)9-7-16)28(25,26)18-10-11-19(27-5-2)15(3)12-18/h6-12H,4-5,13-14H2,1-3H3,(H,22,24). The largest absolute Gasteiger partial charge is 0.494 e. The predicted octanol–water partition coefficient (Wildman–Crippen LogP) is 3.37. The summed E-state index contributed by atoms with van der Waals surface area (Å²) in [7, 11) is -3.79. The maximum Gasteiger partial charge on any atom is 0.243 e. The van der Waals surface area contributed by atoms with Crippen molar-refractivity contribution in [1.82, 2.24) is 9.62 Å². The van der Waals surface area contributed by atoms with Crippen molar-refractivity contribution in [3.05, 3.63) is 58.6 Å². The Hall–Kier alpha value is -2.09. The number of halogens is 1. The van der Waals surface area contributed by atoms with Crippen molar-refractivity contribution < 1.29 is 17.9 Å². The van der Waals surface area contributed by atoms with E-state index in [0.29, 0.717) is 23.9 Å². The van der Waals surface area contributed by atoms with Gasteiger partial charge >= 0.3 is 0 Å². The van der Waals surface area contributed by atoms with Crippen LogP contribution in [0.2, 0.25) is 5.02 Å². The fourth-order valence-corrected chi connectivity index (χ4v) is 4.25. The van der Waals surface area contributed by atoms with Gasteiger partial charge in [-0.15, -0.1) is 0 Å². The van der Waals surface area contributed by atoms with Gasteiger partial charge in [-0.05, 0) is 55.3 Å². The normalized spacial score (nSPS) is 11.5. The lowest BCUT2D eigenvalue weighted by Gasteiger charge is -2.21. The van der Waals surface area contributed by atoms with Crippen molar-refractivity contribution in [3.8, 4) is 5.75 Å². The van der Waals surface area contributed by atoms with E-state index in [9.17, 15) is 13.2 Å². The van der Waals surface area contributed by atoms with Crippen molar-refractivity contribution in [2.45, 2.75) is 32.2 Å². The highest BCUT2D eigenvalue weighted by atomic mass is 35.5. The molecule has 0 aliphatic carbocycles. The molecule has 0 heterocycles. The van der Waals surface area contributed by atoms with E-state index in [-0.39, 0.29) is 23.9 Å². The van der Waals surface area contributed by atoms with Gasteiger partial charge in [0.25, 0.3) is 0 Å². The summed E-state index contributed by atoms with van der Waals surface area (Å²) in [6.45, 7) is 6.09. The minimum Gasteiger partial charge on any atom is -0.494 e. The summed E-state index contributed by atoms with van der Waals surface area (Å²) in [6, 6.07) is 11.8. The summed E-state index contributed by atoms with van der Waals surface area (Å²) in [6.07, 6.45) is 0. The maximum absolute atomic E-state index is 12.9. The molecule has 0 aliphatic heterocycles. The molecular weight excluding hydrogens is 400 g/mol. The minimum absolute atomic E-state index is 0.140. The van der Waals surface area contributed by atoms with Crippen LogP contribution in [0.4, 0.5) is 0 Å². The Labute approximate surface area is 171 Å². The summed E-state index contributed by atoms with van der Waals surface area (Å²) < 4.78 is 32.5. The highest BCUT2D eigenvalue weighted by Crippen LogP contribution is 2.24. The molecular formula is C20H25ClN2O4S. The average molecular weight is 425 g/mol. The molecule has 152 valence electrons. The Morgan fingerprint density at radius 1 is 1.14 bits per heavy atom. The number of ether oxygens (including phenoxy) is 1. The van der Waals surface area contributed by atoms with Crippen LogP contribution in [-0.4, -0.2) is 38.3 Å². The molecule has 0 aromatic heterocycles. The molecule has 0 unspecified atom stereocenters. The van der Waals surface area contributed by atoms with Gasteiger partial charge in [-0.1, -0.05) is 30.7 Å². The molecule has 1 N–H and O–H groups in total. The molecule has 0 aliphatic rings. The number of nitrogens with zero attached hydrogens (tertiary/aromatic N) is 1. The number of amides is 1. The Morgan fingerprint density at radius 2 is 1.82 bits per heavy atom. The Balaban J connectivity index is 2.06. The van der Waals surface area contributed by atoms with E-state index in [0.717, 1.165) is 15.4 Å². The summed E-state index contributed by atoms with van der Waals surface area (Å²) in [5.74, 6) is 0.272. The molecule has 0 radical (unpaired) electrons. The molecule has 28 heavy (non-hydrogen) atoms. The average Bonchev–Trinajstić information content (AvgIpc) is 2.67. The van der Waals surface area contributed by atoms with E-state index < -0.39 is 10.0 Å². The van der Waals surface area contributed by atoms with E-state index in [1.54, 1.807) is 50.2 Å². The van der Waals surface area contributed by atoms with Gasteiger partial charge < -0.3 is 10.1 Å². The second-order valence-electron chi connectivity index (χ2n) is 6.19. The van der Waals surface area contributed by atoms with Crippen LogP contribution in [-0.2, 0) is 21.4 Å². The number of sulfonamides is 1. The molecule has 0 atom stereocenters. The van der Waals surface area contributed by atoms with Gasteiger partial charge in [0.15, 0.2) is 0 Å². The predicted molar refractivity (Wildman–Crippen MR) is 110 cm³/mol. The molecule has 6 nitrogen and oxygen atoms in total. The highest BCUT2D eigenvalue weighted by molar-refractivity contribution is 7.89. The number of hydrogen-bond donors (Lipinski definition) is 1. The lowest BCUT2D eigenvalue weighted by atomic mass is 10.2. The molecule has 0 fully saturated rings. The van der Waals surface area contributed by atoms with Crippen LogP contribution in [0.25, 0.3) is 0 Å². The maximum atomic E-state index is 12.9. The van der Waals surface area contributed by atoms with Crippen molar-refractivity contribution in [2.75, 3.05) is 19.7 Å². The first-order valence-electron chi connectivity index (χ1n) is 9.02. The molecule has 1 amide bonds. The second-order valence-corrected chi connectivity index (χ2v) is 8.57. The molecule has 0 spiro atoms. The molecule has 2 rings (SSSR count). The fraction of sp³-hybridized carbons (Fsp3) is 0.350.